The van der Waals surface area contributed by atoms with Gasteiger partial charge in [-0.2, -0.15) is 0 Å². The highest BCUT2D eigenvalue weighted by Crippen LogP contribution is 2.17. The summed E-state index contributed by atoms with van der Waals surface area (Å²) in [5.74, 6) is 1.04. The Morgan fingerprint density at radius 2 is 1.88 bits per heavy atom. The Hall–Kier alpha value is -2.71. The van der Waals surface area contributed by atoms with E-state index in [0.29, 0.717) is 18.1 Å². The van der Waals surface area contributed by atoms with Gasteiger partial charge in [0.25, 0.3) is 5.91 Å². The molecule has 0 radical (unpaired) electrons. The number of morpholine rings is 1. The summed E-state index contributed by atoms with van der Waals surface area (Å²) < 4.78 is 10.4. The van der Waals surface area contributed by atoms with Gasteiger partial charge in [0.05, 0.1) is 25.9 Å². The Balaban J connectivity index is 1.47. The number of anilines is 2. The van der Waals surface area contributed by atoms with Crippen LogP contribution in [0.2, 0.25) is 0 Å². The van der Waals surface area contributed by atoms with Gasteiger partial charge in [-0.05, 0) is 24.3 Å². The summed E-state index contributed by atoms with van der Waals surface area (Å²) in [7, 11) is 1.62. The first-order chi connectivity index (χ1) is 12.7. The van der Waals surface area contributed by atoms with E-state index < -0.39 is 0 Å². The van der Waals surface area contributed by atoms with E-state index in [9.17, 15) is 4.79 Å². The first-order valence-corrected chi connectivity index (χ1v) is 8.56. The zero-order valence-corrected chi connectivity index (χ0v) is 14.8. The van der Waals surface area contributed by atoms with Crippen LogP contribution in [-0.4, -0.2) is 67.3 Å². The molecule has 1 amide bonds. The number of hydrogen-bond acceptors (Lipinski definition) is 7. The number of nitrogens with one attached hydrogen (secondary N) is 2. The van der Waals surface area contributed by atoms with E-state index in [1.54, 1.807) is 7.11 Å². The molecule has 1 aromatic carbocycles. The molecule has 1 aliphatic heterocycles. The van der Waals surface area contributed by atoms with E-state index in [0.717, 1.165) is 44.3 Å². The Kier molecular flexibility index (Phi) is 6.34. The maximum absolute atomic E-state index is 12.2. The van der Waals surface area contributed by atoms with Gasteiger partial charge in [-0.15, -0.1) is 0 Å². The van der Waals surface area contributed by atoms with E-state index >= 15 is 0 Å². The van der Waals surface area contributed by atoms with Crippen molar-refractivity contribution in [2.45, 2.75) is 0 Å². The third-order valence-electron chi connectivity index (χ3n) is 4.08. The van der Waals surface area contributed by atoms with Crippen molar-refractivity contribution in [2.24, 2.45) is 0 Å². The van der Waals surface area contributed by atoms with Crippen molar-refractivity contribution in [3.63, 3.8) is 0 Å². The largest absolute Gasteiger partial charge is 0.497 e. The predicted octanol–water partition coefficient (Wildman–Crippen LogP) is 1.29. The molecule has 3 rings (SSSR count). The highest BCUT2D eigenvalue weighted by atomic mass is 16.5. The Morgan fingerprint density at radius 1 is 1.19 bits per heavy atom. The second kappa shape index (κ2) is 9.12. The number of aromatic nitrogens is 2. The maximum atomic E-state index is 12.2. The minimum Gasteiger partial charge on any atom is -0.497 e. The second-order valence-corrected chi connectivity index (χ2v) is 5.86. The number of amides is 1. The van der Waals surface area contributed by atoms with E-state index in [1.165, 1.54) is 12.4 Å². The van der Waals surface area contributed by atoms with Gasteiger partial charge in [-0.3, -0.25) is 9.69 Å². The smallest absolute Gasteiger partial charge is 0.254 e. The van der Waals surface area contributed by atoms with E-state index in [4.69, 9.17) is 9.47 Å². The first-order valence-electron chi connectivity index (χ1n) is 8.56. The van der Waals surface area contributed by atoms with Crippen LogP contribution in [0.5, 0.6) is 5.75 Å². The lowest BCUT2D eigenvalue weighted by molar-refractivity contribution is 0.0383. The zero-order valence-electron chi connectivity index (χ0n) is 14.8. The van der Waals surface area contributed by atoms with Gasteiger partial charge in [0.2, 0.25) is 5.95 Å². The minimum absolute atomic E-state index is 0.172. The maximum Gasteiger partial charge on any atom is 0.254 e. The van der Waals surface area contributed by atoms with E-state index in [2.05, 4.69) is 25.5 Å². The zero-order chi connectivity index (χ0) is 18.2. The molecular weight excluding hydrogens is 334 g/mol. The number of carbonyl (C=O) groups excluding carboxylic acids is 1. The van der Waals surface area contributed by atoms with Gasteiger partial charge < -0.3 is 20.1 Å². The van der Waals surface area contributed by atoms with Crippen molar-refractivity contribution in [3.8, 4) is 5.75 Å². The van der Waals surface area contributed by atoms with Crippen LogP contribution in [-0.2, 0) is 4.74 Å². The van der Waals surface area contributed by atoms with Gasteiger partial charge in [-0.1, -0.05) is 0 Å². The standard InChI is InChI=1S/C18H23N5O3/c1-25-16-4-2-15(3-5-16)22-18-20-12-14(13-21-18)17(24)19-6-7-23-8-10-26-11-9-23/h2-5,12-13H,6-11H2,1H3,(H,19,24)(H,20,21,22). The summed E-state index contributed by atoms with van der Waals surface area (Å²) in [5.41, 5.74) is 1.28. The topological polar surface area (TPSA) is 88.6 Å². The Labute approximate surface area is 152 Å². The number of ether oxygens (including phenoxy) is 2. The molecule has 1 aromatic heterocycles. The lowest BCUT2D eigenvalue weighted by atomic mass is 10.3. The number of hydrogen-bond donors (Lipinski definition) is 2. The van der Waals surface area contributed by atoms with Crippen molar-refractivity contribution in [1.82, 2.24) is 20.2 Å². The van der Waals surface area contributed by atoms with Crippen molar-refractivity contribution in [2.75, 3.05) is 51.8 Å². The third kappa shape index (κ3) is 5.14. The number of carbonyl (C=O) groups is 1. The normalized spacial score (nSPS) is 14.7. The molecule has 0 atom stereocenters. The van der Waals surface area contributed by atoms with Gasteiger partial charge in [0.1, 0.15) is 5.75 Å². The van der Waals surface area contributed by atoms with Crippen LogP contribution >= 0.6 is 0 Å². The summed E-state index contributed by atoms with van der Waals surface area (Å²) in [6.07, 6.45) is 3.03. The summed E-state index contributed by atoms with van der Waals surface area (Å²) in [6, 6.07) is 7.43. The predicted molar refractivity (Wildman–Crippen MR) is 97.9 cm³/mol. The average molecular weight is 357 g/mol. The first kappa shape index (κ1) is 18.1. The molecule has 26 heavy (non-hydrogen) atoms. The molecule has 2 aromatic rings. The fourth-order valence-electron chi connectivity index (χ4n) is 2.57. The van der Waals surface area contributed by atoms with Crippen LogP contribution in [0, 0.1) is 0 Å². The fourth-order valence-corrected chi connectivity index (χ4v) is 2.57. The molecule has 2 heterocycles. The summed E-state index contributed by atoms with van der Waals surface area (Å²) in [5, 5.41) is 5.97. The molecule has 1 fully saturated rings. The van der Waals surface area contributed by atoms with Crippen molar-refractivity contribution >= 4 is 17.5 Å². The summed E-state index contributed by atoms with van der Waals surface area (Å²) in [4.78, 5) is 22.8. The molecule has 138 valence electrons. The van der Waals surface area contributed by atoms with Crippen LogP contribution in [0.4, 0.5) is 11.6 Å². The number of benzene rings is 1. The van der Waals surface area contributed by atoms with Gasteiger partial charge in [-0.25, -0.2) is 9.97 Å². The highest BCUT2D eigenvalue weighted by Gasteiger charge is 2.11. The van der Waals surface area contributed by atoms with Gasteiger partial charge in [0, 0.05) is 44.3 Å². The molecule has 8 nitrogen and oxygen atoms in total. The van der Waals surface area contributed by atoms with Gasteiger partial charge >= 0.3 is 0 Å². The Bertz CT molecular complexity index is 700. The fraction of sp³-hybridized carbons (Fsp3) is 0.389. The monoisotopic (exact) mass is 357 g/mol. The van der Waals surface area contributed by atoms with Crippen LogP contribution in [0.15, 0.2) is 36.7 Å². The summed E-state index contributed by atoms with van der Waals surface area (Å²) in [6.45, 7) is 4.72. The average Bonchev–Trinajstić information content (AvgIpc) is 2.70. The molecule has 0 aliphatic carbocycles. The SMILES string of the molecule is COc1ccc(Nc2ncc(C(=O)NCCN3CCOCC3)cn2)cc1. The number of rotatable bonds is 7. The molecule has 0 bridgehead atoms. The minimum atomic E-state index is -0.172. The number of methoxy groups -OCH3 is 1. The molecule has 0 spiro atoms. The lowest BCUT2D eigenvalue weighted by Gasteiger charge is -2.26. The molecule has 1 saturated heterocycles. The molecule has 0 unspecified atom stereocenters. The van der Waals surface area contributed by atoms with Crippen LogP contribution < -0.4 is 15.4 Å². The van der Waals surface area contributed by atoms with E-state index in [1.807, 2.05) is 24.3 Å². The highest BCUT2D eigenvalue weighted by molar-refractivity contribution is 5.93. The number of nitrogens with zero attached hydrogens (tertiary/aromatic N) is 3. The van der Waals surface area contributed by atoms with Crippen LogP contribution in [0.3, 0.4) is 0 Å². The second-order valence-electron chi connectivity index (χ2n) is 5.86. The third-order valence-corrected chi connectivity index (χ3v) is 4.08. The van der Waals surface area contributed by atoms with Crippen LogP contribution in [0.1, 0.15) is 10.4 Å². The molecule has 8 heteroatoms. The van der Waals surface area contributed by atoms with Gasteiger partial charge in [0.15, 0.2) is 0 Å². The molecule has 2 N–H and O–H groups in total. The van der Waals surface area contributed by atoms with Crippen molar-refractivity contribution in [3.05, 3.63) is 42.2 Å². The Morgan fingerprint density at radius 3 is 2.54 bits per heavy atom. The van der Waals surface area contributed by atoms with Crippen LogP contribution in [0.25, 0.3) is 0 Å². The van der Waals surface area contributed by atoms with Crippen molar-refractivity contribution in [1.29, 1.82) is 0 Å². The summed E-state index contributed by atoms with van der Waals surface area (Å²) >= 11 is 0. The molecular formula is C18H23N5O3. The quantitative estimate of drug-likeness (QED) is 0.772. The van der Waals surface area contributed by atoms with E-state index in [-0.39, 0.29) is 5.91 Å². The molecule has 0 saturated carbocycles. The van der Waals surface area contributed by atoms with Crippen molar-refractivity contribution < 1.29 is 14.3 Å². The molecule has 1 aliphatic rings. The lowest BCUT2D eigenvalue weighted by Crippen LogP contribution is -2.41.